The van der Waals surface area contributed by atoms with Crippen LogP contribution in [0, 0.1) is 5.41 Å². The topological polar surface area (TPSA) is 108 Å². The van der Waals surface area contributed by atoms with Crippen LogP contribution in [0.4, 0.5) is 0 Å². The van der Waals surface area contributed by atoms with Gasteiger partial charge in [-0.3, -0.25) is 14.4 Å². The van der Waals surface area contributed by atoms with Gasteiger partial charge in [-0.1, -0.05) is 44.2 Å². The normalized spacial score (nSPS) is 16.0. The largest absolute Gasteiger partial charge is 0.480 e. The van der Waals surface area contributed by atoms with E-state index in [-0.39, 0.29) is 23.2 Å². The highest BCUT2D eigenvalue weighted by Gasteiger charge is 2.34. The zero-order valence-electron chi connectivity index (χ0n) is 16.7. The van der Waals surface area contributed by atoms with Crippen molar-refractivity contribution in [1.29, 1.82) is 0 Å². The molecule has 2 aromatic rings. The molecule has 3 rings (SSSR count). The maximum absolute atomic E-state index is 13.0. The Morgan fingerprint density at radius 1 is 1.17 bits per heavy atom. The van der Waals surface area contributed by atoms with Gasteiger partial charge in [-0.2, -0.15) is 0 Å². The summed E-state index contributed by atoms with van der Waals surface area (Å²) in [5, 5.41) is 9.63. The molecule has 1 unspecified atom stereocenters. The lowest BCUT2D eigenvalue weighted by Crippen LogP contribution is -2.45. The summed E-state index contributed by atoms with van der Waals surface area (Å²) in [6.07, 6.45) is 0.953. The molecular formula is C22H24N2O5. The fourth-order valence-corrected chi connectivity index (χ4v) is 3.75. The highest BCUT2D eigenvalue weighted by atomic mass is 16.4. The Labute approximate surface area is 168 Å². The maximum atomic E-state index is 13.0. The molecule has 0 fully saturated rings. The average Bonchev–Trinajstić information content (AvgIpc) is 2.64. The number of benzene rings is 1. The second-order valence-electron chi connectivity index (χ2n) is 8.31. The Balaban J connectivity index is 1.93. The van der Waals surface area contributed by atoms with Crippen molar-refractivity contribution in [3.05, 3.63) is 69.1 Å². The van der Waals surface area contributed by atoms with Gasteiger partial charge in [0.2, 0.25) is 0 Å². The molecule has 1 aromatic carbocycles. The van der Waals surface area contributed by atoms with Gasteiger partial charge in [0.25, 0.3) is 11.5 Å². The smallest absolute Gasteiger partial charge is 0.326 e. The van der Waals surface area contributed by atoms with Gasteiger partial charge < -0.3 is 15.0 Å². The van der Waals surface area contributed by atoms with Crippen LogP contribution in [-0.2, 0) is 17.6 Å². The summed E-state index contributed by atoms with van der Waals surface area (Å²) < 4.78 is 0. The Kier molecular flexibility index (Phi) is 5.42. The Morgan fingerprint density at radius 3 is 2.45 bits per heavy atom. The van der Waals surface area contributed by atoms with Crippen molar-refractivity contribution < 1.29 is 19.5 Å². The number of aromatic amines is 1. The summed E-state index contributed by atoms with van der Waals surface area (Å²) in [6, 6.07) is 9.12. The van der Waals surface area contributed by atoms with Crippen molar-refractivity contribution >= 4 is 17.7 Å². The molecule has 0 bridgehead atoms. The number of carbonyl (C=O) groups is 3. The van der Waals surface area contributed by atoms with E-state index in [0.29, 0.717) is 24.1 Å². The molecule has 0 aliphatic heterocycles. The summed E-state index contributed by atoms with van der Waals surface area (Å²) in [5.41, 5.74) is 0.509. The van der Waals surface area contributed by atoms with Crippen LogP contribution in [0.2, 0.25) is 0 Å². The van der Waals surface area contributed by atoms with Gasteiger partial charge in [0.15, 0.2) is 5.78 Å². The first-order valence-corrected chi connectivity index (χ1v) is 9.42. The van der Waals surface area contributed by atoms with E-state index >= 15 is 0 Å². The number of carboxylic acid groups (broad SMARTS) is 1. The number of ketones is 1. The third-order valence-electron chi connectivity index (χ3n) is 5.29. The van der Waals surface area contributed by atoms with Gasteiger partial charge in [-0.05, 0) is 23.5 Å². The third-order valence-corrected chi connectivity index (χ3v) is 5.29. The second kappa shape index (κ2) is 7.66. The molecule has 0 saturated carbocycles. The maximum Gasteiger partial charge on any atom is 0.326 e. The van der Waals surface area contributed by atoms with Crippen LogP contribution in [0.5, 0.6) is 0 Å². The summed E-state index contributed by atoms with van der Waals surface area (Å²) in [4.78, 5) is 53.5. The minimum atomic E-state index is -1.17. The van der Waals surface area contributed by atoms with E-state index < -0.39 is 23.5 Å². The highest BCUT2D eigenvalue weighted by Crippen LogP contribution is 2.33. The van der Waals surface area contributed by atoms with Crippen molar-refractivity contribution in [2.45, 2.75) is 39.2 Å². The summed E-state index contributed by atoms with van der Waals surface area (Å²) >= 11 is 0. The summed E-state index contributed by atoms with van der Waals surface area (Å²) in [6.45, 7) is 3.89. The van der Waals surface area contributed by atoms with Gasteiger partial charge in [-0.25, -0.2) is 4.79 Å². The van der Waals surface area contributed by atoms with Gasteiger partial charge >= 0.3 is 5.97 Å². The molecular weight excluding hydrogens is 372 g/mol. The van der Waals surface area contributed by atoms with E-state index in [4.69, 9.17) is 0 Å². The molecule has 2 N–H and O–H groups in total. The van der Waals surface area contributed by atoms with Gasteiger partial charge in [0.1, 0.15) is 11.6 Å². The number of hydrogen-bond donors (Lipinski definition) is 2. The molecule has 1 aliphatic carbocycles. The number of nitrogens with one attached hydrogen (secondary N) is 1. The number of rotatable bonds is 5. The first kappa shape index (κ1) is 20.5. The Bertz CT molecular complexity index is 1020. The quantitative estimate of drug-likeness (QED) is 0.806. The highest BCUT2D eigenvalue weighted by molar-refractivity contribution is 6.02. The van der Waals surface area contributed by atoms with Crippen molar-refractivity contribution in [1.82, 2.24) is 9.88 Å². The van der Waals surface area contributed by atoms with E-state index in [1.807, 2.05) is 19.9 Å². The standard InChI is InChI=1S/C22H24N2O5/c1-22(2)11-16-14(18(25)12-22)10-15(19(26)23-16)20(27)24(3)17(21(28)29)9-13-7-5-4-6-8-13/h4-8,10,17H,9,11-12H2,1-3H3,(H,23,26)(H,28,29). The molecule has 1 aliphatic rings. The molecule has 0 saturated heterocycles. The van der Waals surface area contributed by atoms with E-state index in [2.05, 4.69) is 4.98 Å². The number of nitrogens with zero attached hydrogens (tertiary/aromatic N) is 1. The van der Waals surface area contributed by atoms with Crippen LogP contribution in [0.15, 0.2) is 41.2 Å². The van der Waals surface area contributed by atoms with Crippen LogP contribution >= 0.6 is 0 Å². The Hall–Kier alpha value is -3.22. The number of aliphatic carboxylic acids is 1. The van der Waals surface area contributed by atoms with Crippen molar-refractivity contribution in [3.8, 4) is 0 Å². The number of Topliss-reactive ketones (excluding diaryl/α,β-unsaturated/α-hetero) is 1. The number of carbonyl (C=O) groups excluding carboxylic acids is 2. The lowest BCUT2D eigenvalue weighted by Gasteiger charge is -2.30. The van der Waals surface area contributed by atoms with Gasteiger partial charge in [-0.15, -0.1) is 0 Å². The fraction of sp³-hybridized carbons (Fsp3) is 0.364. The number of likely N-dealkylation sites (N-methyl/N-ethyl adjacent to an activating group) is 1. The fourth-order valence-electron chi connectivity index (χ4n) is 3.75. The summed E-state index contributed by atoms with van der Waals surface area (Å²) in [7, 11) is 1.36. The molecule has 152 valence electrons. The van der Waals surface area contributed by atoms with Gasteiger partial charge in [0, 0.05) is 31.1 Å². The lowest BCUT2D eigenvalue weighted by molar-refractivity contribution is -0.141. The van der Waals surface area contributed by atoms with Crippen molar-refractivity contribution in [2.24, 2.45) is 5.41 Å². The zero-order valence-corrected chi connectivity index (χ0v) is 16.7. The van der Waals surface area contributed by atoms with Crippen LogP contribution in [0.1, 0.15) is 52.2 Å². The lowest BCUT2D eigenvalue weighted by atomic mass is 9.75. The molecule has 7 nitrogen and oxygen atoms in total. The molecule has 0 radical (unpaired) electrons. The third kappa shape index (κ3) is 4.29. The predicted octanol–water partition coefficient (Wildman–Crippen LogP) is 2.30. The first-order valence-electron chi connectivity index (χ1n) is 9.42. The molecule has 29 heavy (non-hydrogen) atoms. The first-order chi connectivity index (χ1) is 13.6. The molecule has 0 spiro atoms. The van der Waals surface area contributed by atoms with Crippen molar-refractivity contribution in [2.75, 3.05) is 7.05 Å². The van der Waals surface area contributed by atoms with Crippen LogP contribution in [0.25, 0.3) is 0 Å². The number of carboxylic acids is 1. The van der Waals surface area contributed by atoms with E-state index in [1.54, 1.807) is 24.3 Å². The van der Waals surface area contributed by atoms with Gasteiger partial charge in [0.05, 0.1) is 0 Å². The number of pyridine rings is 1. The SMILES string of the molecule is CN(C(=O)c1cc2c([nH]c1=O)CC(C)(C)CC2=O)C(Cc1ccccc1)C(=O)O. The molecule has 1 aromatic heterocycles. The molecule has 1 atom stereocenters. The zero-order chi connectivity index (χ0) is 21.3. The molecule has 1 heterocycles. The number of fused-ring (bicyclic) bond motifs is 1. The number of amides is 1. The van der Waals surface area contributed by atoms with Crippen molar-refractivity contribution in [3.63, 3.8) is 0 Å². The number of aromatic nitrogens is 1. The summed E-state index contributed by atoms with van der Waals surface area (Å²) in [5.74, 6) is -2.03. The predicted molar refractivity (Wildman–Crippen MR) is 107 cm³/mol. The Morgan fingerprint density at radius 2 is 1.83 bits per heavy atom. The van der Waals surface area contributed by atoms with Crippen LogP contribution < -0.4 is 5.56 Å². The second-order valence-corrected chi connectivity index (χ2v) is 8.31. The number of H-pyrrole nitrogens is 1. The molecule has 1 amide bonds. The van der Waals surface area contributed by atoms with E-state index in [1.165, 1.54) is 13.1 Å². The van der Waals surface area contributed by atoms with E-state index in [9.17, 15) is 24.3 Å². The average molecular weight is 396 g/mol. The minimum absolute atomic E-state index is 0.106. The minimum Gasteiger partial charge on any atom is -0.480 e. The number of hydrogen-bond acceptors (Lipinski definition) is 4. The van der Waals surface area contributed by atoms with E-state index in [0.717, 1.165) is 10.5 Å². The monoisotopic (exact) mass is 396 g/mol. The van der Waals surface area contributed by atoms with Crippen LogP contribution in [-0.4, -0.2) is 45.7 Å². The molecule has 7 heteroatoms. The van der Waals surface area contributed by atoms with Crippen LogP contribution in [0.3, 0.4) is 0 Å².